The van der Waals surface area contributed by atoms with Gasteiger partial charge in [-0.2, -0.15) is 12.7 Å². The fraction of sp³-hybridized carbons (Fsp3) is 1.00. The second-order valence-corrected chi connectivity index (χ2v) is 4.39. The van der Waals surface area contributed by atoms with E-state index in [0.29, 0.717) is 32.6 Å². The summed E-state index contributed by atoms with van der Waals surface area (Å²) in [5.41, 5.74) is 5.31. The van der Waals surface area contributed by atoms with Crippen LogP contribution >= 0.6 is 0 Å². The molecule has 80 valence electrons. The second kappa shape index (κ2) is 6.31. The van der Waals surface area contributed by atoms with Crippen LogP contribution in [0.2, 0.25) is 0 Å². The molecule has 6 heteroatoms. The Kier molecular flexibility index (Phi) is 6.23. The van der Waals surface area contributed by atoms with E-state index in [9.17, 15) is 8.42 Å². The summed E-state index contributed by atoms with van der Waals surface area (Å²) >= 11 is 0. The minimum Gasteiger partial charge on any atom is -0.330 e. The Morgan fingerprint density at radius 3 is 2.38 bits per heavy atom. The van der Waals surface area contributed by atoms with Crippen LogP contribution in [0.25, 0.3) is 0 Å². The van der Waals surface area contributed by atoms with Crippen molar-refractivity contribution in [2.75, 3.05) is 26.2 Å². The van der Waals surface area contributed by atoms with Crippen LogP contribution in [0.5, 0.6) is 0 Å². The summed E-state index contributed by atoms with van der Waals surface area (Å²) in [6, 6.07) is 0. The predicted molar refractivity (Wildman–Crippen MR) is 53.5 cm³/mol. The summed E-state index contributed by atoms with van der Waals surface area (Å²) in [6.07, 6.45) is 0.693. The van der Waals surface area contributed by atoms with E-state index >= 15 is 0 Å². The van der Waals surface area contributed by atoms with Gasteiger partial charge in [0.15, 0.2) is 0 Å². The van der Waals surface area contributed by atoms with E-state index in [1.165, 1.54) is 4.31 Å². The number of rotatable bonds is 7. The van der Waals surface area contributed by atoms with Crippen LogP contribution in [0, 0.1) is 0 Å². The van der Waals surface area contributed by atoms with Gasteiger partial charge in [0.05, 0.1) is 0 Å². The lowest BCUT2D eigenvalue weighted by atomic mass is 10.4. The molecular formula is C7H19N3O2S. The van der Waals surface area contributed by atoms with Gasteiger partial charge in [0, 0.05) is 19.6 Å². The third-order valence-corrected chi connectivity index (χ3v) is 3.41. The van der Waals surface area contributed by atoms with Crippen molar-refractivity contribution < 1.29 is 8.42 Å². The minimum absolute atomic E-state index is 0.418. The van der Waals surface area contributed by atoms with Gasteiger partial charge in [0.2, 0.25) is 0 Å². The van der Waals surface area contributed by atoms with E-state index in [2.05, 4.69) is 4.72 Å². The molecule has 0 aromatic rings. The predicted octanol–water partition coefficient (Wildman–Crippen LogP) is -0.489. The quantitative estimate of drug-likeness (QED) is 0.594. The molecule has 0 amide bonds. The Bertz CT molecular complexity index is 216. The summed E-state index contributed by atoms with van der Waals surface area (Å²) in [7, 11) is -3.27. The van der Waals surface area contributed by atoms with Crippen LogP contribution in [-0.4, -0.2) is 38.9 Å². The topological polar surface area (TPSA) is 75.4 Å². The lowest BCUT2D eigenvalue weighted by Gasteiger charge is -2.19. The highest BCUT2D eigenvalue weighted by molar-refractivity contribution is 7.87. The Labute approximate surface area is 80.5 Å². The fourth-order valence-electron chi connectivity index (χ4n) is 0.990. The van der Waals surface area contributed by atoms with E-state index in [-0.39, 0.29) is 0 Å². The number of hydrogen-bond acceptors (Lipinski definition) is 3. The van der Waals surface area contributed by atoms with Gasteiger partial charge in [-0.3, -0.25) is 0 Å². The molecule has 0 aliphatic heterocycles. The SMILES string of the molecule is CCNS(=O)(=O)N(CC)CCCN. The zero-order chi connectivity index (χ0) is 10.3. The molecule has 0 fully saturated rings. The van der Waals surface area contributed by atoms with E-state index in [4.69, 9.17) is 5.73 Å². The summed E-state index contributed by atoms with van der Waals surface area (Å²) < 4.78 is 26.7. The van der Waals surface area contributed by atoms with Gasteiger partial charge < -0.3 is 5.73 Å². The summed E-state index contributed by atoms with van der Waals surface area (Å²) in [5, 5.41) is 0. The Morgan fingerprint density at radius 1 is 1.38 bits per heavy atom. The van der Waals surface area contributed by atoms with Gasteiger partial charge in [-0.05, 0) is 13.0 Å². The molecule has 0 aliphatic carbocycles. The maximum Gasteiger partial charge on any atom is 0.279 e. The van der Waals surface area contributed by atoms with Crippen LogP contribution < -0.4 is 10.5 Å². The fourth-order valence-corrected chi connectivity index (χ4v) is 2.25. The van der Waals surface area contributed by atoms with Crippen LogP contribution in [0.3, 0.4) is 0 Å². The van der Waals surface area contributed by atoms with Crippen molar-refractivity contribution in [3.8, 4) is 0 Å². The highest BCUT2D eigenvalue weighted by Crippen LogP contribution is 1.97. The van der Waals surface area contributed by atoms with Gasteiger partial charge >= 0.3 is 0 Å². The number of hydrogen-bond donors (Lipinski definition) is 2. The van der Waals surface area contributed by atoms with Gasteiger partial charge in [0.25, 0.3) is 10.2 Å². The Balaban J connectivity index is 4.20. The largest absolute Gasteiger partial charge is 0.330 e. The molecule has 0 heterocycles. The van der Waals surface area contributed by atoms with Crippen molar-refractivity contribution in [3.63, 3.8) is 0 Å². The first kappa shape index (κ1) is 12.8. The van der Waals surface area contributed by atoms with E-state index in [1.54, 1.807) is 6.92 Å². The summed E-state index contributed by atoms with van der Waals surface area (Å²) in [5.74, 6) is 0. The molecule has 0 atom stereocenters. The van der Waals surface area contributed by atoms with Crippen molar-refractivity contribution in [1.82, 2.24) is 9.03 Å². The van der Waals surface area contributed by atoms with Gasteiger partial charge in [-0.25, -0.2) is 4.72 Å². The van der Waals surface area contributed by atoms with Gasteiger partial charge in [-0.1, -0.05) is 13.8 Å². The molecule has 0 aromatic heterocycles. The standard InChI is InChI=1S/C7H19N3O2S/c1-3-9-13(11,12)10(4-2)7-5-6-8/h9H,3-8H2,1-2H3. The van der Waals surface area contributed by atoms with Crippen LogP contribution in [0.1, 0.15) is 20.3 Å². The Morgan fingerprint density at radius 2 is 2.00 bits per heavy atom. The molecular weight excluding hydrogens is 190 g/mol. The molecule has 0 rings (SSSR count). The molecule has 0 aromatic carbocycles. The minimum atomic E-state index is -3.27. The average molecular weight is 209 g/mol. The first-order valence-corrected chi connectivity index (χ1v) is 5.97. The maximum atomic E-state index is 11.4. The smallest absolute Gasteiger partial charge is 0.279 e. The molecule has 13 heavy (non-hydrogen) atoms. The molecule has 3 N–H and O–H groups in total. The van der Waals surface area contributed by atoms with Crippen LogP contribution in [0.4, 0.5) is 0 Å². The number of nitrogens with two attached hydrogens (primary N) is 1. The molecule has 0 spiro atoms. The number of nitrogens with zero attached hydrogens (tertiary/aromatic N) is 1. The van der Waals surface area contributed by atoms with Crippen molar-refractivity contribution in [2.45, 2.75) is 20.3 Å². The zero-order valence-electron chi connectivity index (χ0n) is 8.28. The Hall–Kier alpha value is -0.170. The van der Waals surface area contributed by atoms with E-state index < -0.39 is 10.2 Å². The van der Waals surface area contributed by atoms with Crippen molar-refractivity contribution in [2.24, 2.45) is 5.73 Å². The molecule has 0 unspecified atom stereocenters. The van der Waals surface area contributed by atoms with Crippen molar-refractivity contribution in [1.29, 1.82) is 0 Å². The lowest BCUT2D eigenvalue weighted by molar-refractivity contribution is 0.415. The first-order chi connectivity index (χ1) is 6.08. The molecule has 0 aliphatic rings. The molecule has 0 saturated carbocycles. The van der Waals surface area contributed by atoms with Gasteiger partial charge in [0.1, 0.15) is 0 Å². The van der Waals surface area contributed by atoms with E-state index in [0.717, 1.165) is 0 Å². The molecule has 0 bridgehead atoms. The van der Waals surface area contributed by atoms with Crippen molar-refractivity contribution >= 4 is 10.2 Å². The summed E-state index contributed by atoms with van der Waals surface area (Å²) in [6.45, 7) is 5.47. The van der Waals surface area contributed by atoms with Crippen molar-refractivity contribution in [3.05, 3.63) is 0 Å². The monoisotopic (exact) mass is 209 g/mol. The molecule has 0 saturated heterocycles. The third kappa shape index (κ3) is 4.56. The third-order valence-electron chi connectivity index (χ3n) is 1.63. The second-order valence-electron chi connectivity index (χ2n) is 2.64. The molecule has 5 nitrogen and oxygen atoms in total. The van der Waals surface area contributed by atoms with Crippen LogP contribution in [-0.2, 0) is 10.2 Å². The zero-order valence-corrected chi connectivity index (χ0v) is 9.10. The maximum absolute atomic E-state index is 11.4. The number of nitrogens with one attached hydrogen (secondary N) is 1. The average Bonchev–Trinajstić information content (AvgIpc) is 2.05. The van der Waals surface area contributed by atoms with Gasteiger partial charge in [-0.15, -0.1) is 0 Å². The normalized spacial score (nSPS) is 12.3. The lowest BCUT2D eigenvalue weighted by Crippen LogP contribution is -2.41. The molecule has 0 radical (unpaired) electrons. The highest BCUT2D eigenvalue weighted by Gasteiger charge is 2.17. The highest BCUT2D eigenvalue weighted by atomic mass is 32.2. The van der Waals surface area contributed by atoms with Crippen LogP contribution in [0.15, 0.2) is 0 Å². The van der Waals surface area contributed by atoms with E-state index in [1.807, 2.05) is 6.92 Å². The summed E-state index contributed by atoms with van der Waals surface area (Å²) in [4.78, 5) is 0. The first-order valence-electron chi connectivity index (χ1n) is 4.53.